The molecule has 24 heavy (non-hydrogen) atoms. The number of pyridine rings is 1. The van der Waals surface area contributed by atoms with E-state index < -0.39 is 0 Å². The van der Waals surface area contributed by atoms with E-state index in [2.05, 4.69) is 31.2 Å². The Bertz CT molecular complexity index is 800. The van der Waals surface area contributed by atoms with Gasteiger partial charge in [0, 0.05) is 37.3 Å². The maximum Gasteiger partial charge on any atom is 0.263 e. The summed E-state index contributed by atoms with van der Waals surface area (Å²) in [4.78, 5) is 26.7. The summed E-state index contributed by atoms with van der Waals surface area (Å²) in [5.41, 5.74) is 2.69. The number of carbonyl (C=O) groups is 1. The van der Waals surface area contributed by atoms with Crippen LogP contribution in [-0.2, 0) is 7.05 Å². The number of hydrogen-bond acceptors (Lipinski definition) is 3. The Hall–Kier alpha value is -2.01. The summed E-state index contributed by atoms with van der Waals surface area (Å²) in [6.07, 6.45) is 2.58. The predicted octanol–water partition coefficient (Wildman–Crippen LogP) is 3.01. The quantitative estimate of drug-likeness (QED) is 0.842. The molecule has 1 fully saturated rings. The third-order valence-corrected chi connectivity index (χ3v) is 5.83. The van der Waals surface area contributed by atoms with Crippen LogP contribution in [0.2, 0.25) is 0 Å². The summed E-state index contributed by atoms with van der Waals surface area (Å²) in [5.74, 6) is 0.736. The van der Waals surface area contributed by atoms with Crippen molar-refractivity contribution in [2.24, 2.45) is 7.05 Å². The van der Waals surface area contributed by atoms with Gasteiger partial charge in [-0.1, -0.05) is 24.3 Å². The molecular formula is C19H22N2O2S. The van der Waals surface area contributed by atoms with Gasteiger partial charge >= 0.3 is 0 Å². The molecule has 0 bridgehead atoms. The van der Waals surface area contributed by atoms with E-state index in [0.717, 1.165) is 12.2 Å². The molecule has 1 amide bonds. The Kier molecular flexibility index (Phi) is 5.09. The number of benzene rings is 1. The molecule has 1 aromatic carbocycles. The minimum atomic E-state index is -0.227. The molecule has 0 saturated carbocycles. The molecule has 3 rings (SSSR count). The lowest BCUT2D eigenvalue weighted by atomic mass is 10.0. The maximum atomic E-state index is 12.7. The minimum absolute atomic E-state index is 0.151. The number of nitrogens with zero attached hydrogens (tertiary/aromatic N) is 2. The lowest BCUT2D eigenvalue weighted by Crippen LogP contribution is -2.37. The van der Waals surface area contributed by atoms with E-state index in [1.165, 1.54) is 15.7 Å². The van der Waals surface area contributed by atoms with Crippen molar-refractivity contribution in [2.75, 3.05) is 18.8 Å². The summed E-state index contributed by atoms with van der Waals surface area (Å²) in [6, 6.07) is 11.8. The van der Waals surface area contributed by atoms with Gasteiger partial charge in [-0.25, -0.2) is 0 Å². The number of amides is 1. The molecule has 0 aliphatic carbocycles. The zero-order valence-electron chi connectivity index (χ0n) is 14.1. The van der Waals surface area contributed by atoms with Gasteiger partial charge in [-0.3, -0.25) is 9.59 Å². The largest absolute Gasteiger partial charge is 0.338 e. The van der Waals surface area contributed by atoms with Crippen LogP contribution < -0.4 is 5.56 Å². The van der Waals surface area contributed by atoms with Crippen LogP contribution in [0.4, 0.5) is 0 Å². The van der Waals surface area contributed by atoms with Gasteiger partial charge in [-0.2, -0.15) is 11.8 Å². The second-order valence-corrected chi connectivity index (χ2v) is 7.45. The summed E-state index contributed by atoms with van der Waals surface area (Å²) in [5, 5.41) is 0.405. The summed E-state index contributed by atoms with van der Waals surface area (Å²) in [7, 11) is 1.67. The molecule has 126 valence electrons. The molecule has 1 saturated heterocycles. The molecule has 0 radical (unpaired) electrons. The van der Waals surface area contributed by atoms with Gasteiger partial charge in [-0.05, 0) is 36.6 Å². The van der Waals surface area contributed by atoms with Crippen LogP contribution in [0.25, 0.3) is 0 Å². The normalized spacial score (nSPS) is 18.2. The van der Waals surface area contributed by atoms with Crippen molar-refractivity contribution in [1.29, 1.82) is 0 Å². The molecule has 1 aliphatic rings. The SMILES string of the molecule is Cc1ccccc1[C@@H]1CCN(C(=O)c2cccn(C)c2=O)CCS1. The van der Waals surface area contributed by atoms with Crippen molar-refractivity contribution < 1.29 is 4.79 Å². The highest BCUT2D eigenvalue weighted by atomic mass is 32.2. The Morgan fingerprint density at radius 2 is 1.96 bits per heavy atom. The molecule has 1 atom stereocenters. The number of thioether (sulfide) groups is 1. The fraction of sp³-hybridized carbons (Fsp3) is 0.368. The van der Waals surface area contributed by atoms with Gasteiger partial charge in [0.05, 0.1) is 0 Å². The van der Waals surface area contributed by atoms with Crippen LogP contribution in [0.3, 0.4) is 0 Å². The second kappa shape index (κ2) is 7.26. The van der Waals surface area contributed by atoms with E-state index >= 15 is 0 Å². The highest BCUT2D eigenvalue weighted by Gasteiger charge is 2.25. The molecule has 0 unspecified atom stereocenters. The summed E-state index contributed by atoms with van der Waals surface area (Å²) in [6.45, 7) is 3.50. The molecule has 4 nitrogen and oxygen atoms in total. The first-order valence-electron chi connectivity index (χ1n) is 8.20. The van der Waals surface area contributed by atoms with Gasteiger partial charge in [0.15, 0.2) is 0 Å². The van der Waals surface area contributed by atoms with Crippen LogP contribution in [0.5, 0.6) is 0 Å². The van der Waals surface area contributed by atoms with Gasteiger partial charge in [0.25, 0.3) is 11.5 Å². The summed E-state index contributed by atoms with van der Waals surface area (Å²) >= 11 is 1.90. The van der Waals surface area contributed by atoms with Crippen molar-refractivity contribution in [2.45, 2.75) is 18.6 Å². The molecule has 1 aromatic heterocycles. The van der Waals surface area contributed by atoms with E-state index in [4.69, 9.17) is 0 Å². The average Bonchev–Trinajstić information content (AvgIpc) is 2.83. The zero-order valence-corrected chi connectivity index (χ0v) is 14.9. The van der Waals surface area contributed by atoms with Crippen LogP contribution in [0, 0.1) is 6.92 Å². The summed E-state index contributed by atoms with van der Waals surface area (Å²) < 4.78 is 1.45. The first kappa shape index (κ1) is 16.8. The third kappa shape index (κ3) is 3.41. The maximum absolute atomic E-state index is 12.7. The fourth-order valence-electron chi connectivity index (χ4n) is 3.10. The highest BCUT2D eigenvalue weighted by Crippen LogP contribution is 2.36. The van der Waals surface area contributed by atoms with Crippen molar-refractivity contribution in [3.05, 3.63) is 69.6 Å². The topological polar surface area (TPSA) is 42.3 Å². The second-order valence-electron chi connectivity index (χ2n) is 6.13. The van der Waals surface area contributed by atoms with Crippen LogP contribution in [-0.4, -0.2) is 34.2 Å². The van der Waals surface area contributed by atoms with Crippen molar-refractivity contribution in [1.82, 2.24) is 9.47 Å². The highest BCUT2D eigenvalue weighted by molar-refractivity contribution is 7.99. The van der Waals surface area contributed by atoms with Gasteiger partial charge in [0.1, 0.15) is 5.56 Å². The fourth-order valence-corrected chi connectivity index (χ4v) is 4.43. The number of hydrogen-bond donors (Lipinski definition) is 0. The van der Waals surface area contributed by atoms with Crippen molar-refractivity contribution in [3.63, 3.8) is 0 Å². The lowest BCUT2D eigenvalue weighted by molar-refractivity contribution is 0.0764. The lowest BCUT2D eigenvalue weighted by Gasteiger charge is -2.20. The molecule has 5 heteroatoms. The van der Waals surface area contributed by atoms with E-state index in [-0.39, 0.29) is 17.0 Å². The Labute approximate surface area is 146 Å². The average molecular weight is 342 g/mol. The molecular weight excluding hydrogens is 320 g/mol. The first-order chi connectivity index (χ1) is 11.6. The number of aromatic nitrogens is 1. The Morgan fingerprint density at radius 1 is 1.17 bits per heavy atom. The van der Waals surface area contributed by atoms with E-state index in [9.17, 15) is 9.59 Å². The molecule has 2 aromatic rings. The molecule has 0 N–H and O–H groups in total. The number of carbonyl (C=O) groups excluding carboxylic acids is 1. The van der Waals surface area contributed by atoms with E-state index in [1.54, 1.807) is 25.4 Å². The smallest absolute Gasteiger partial charge is 0.263 e. The van der Waals surface area contributed by atoms with E-state index in [0.29, 0.717) is 18.3 Å². The van der Waals surface area contributed by atoms with Gasteiger partial charge in [0.2, 0.25) is 0 Å². The van der Waals surface area contributed by atoms with E-state index in [1.807, 2.05) is 16.7 Å². The first-order valence-corrected chi connectivity index (χ1v) is 9.25. The van der Waals surface area contributed by atoms with Gasteiger partial charge < -0.3 is 9.47 Å². The minimum Gasteiger partial charge on any atom is -0.338 e. The Balaban J connectivity index is 1.76. The molecule has 1 aliphatic heterocycles. The predicted molar refractivity (Wildman–Crippen MR) is 98.6 cm³/mol. The zero-order chi connectivity index (χ0) is 17.1. The van der Waals surface area contributed by atoms with Crippen molar-refractivity contribution >= 4 is 17.7 Å². The number of aryl methyl sites for hydroxylation is 2. The monoisotopic (exact) mass is 342 g/mol. The standard InChI is InChI=1S/C19H22N2O2S/c1-14-6-3-4-7-15(14)17-9-11-21(12-13-24-17)19(23)16-8-5-10-20(2)18(16)22/h3-8,10,17H,9,11-13H2,1-2H3/t17-/m0/s1. The van der Waals surface area contributed by atoms with Crippen LogP contribution >= 0.6 is 11.8 Å². The van der Waals surface area contributed by atoms with Crippen LogP contribution in [0.1, 0.15) is 33.2 Å². The van der Waals surface area contributed by atoms with Crippen LogP contribution in [0.15, 0.2) is 47.4 Å². The molecule has 0 spiro atoms. The Morgan fingerprint density at radius 3 is 2.75 bits per heavy atom. The van der Waals surface area contributed by atoms with Gasteiger partial charge in [-0.15, -0.1) is 0 Å². The van der Waals surface area contributed by atoms with Crippen molar-refractivity contribution in [3.8, 4) is 0 Å². The molecule has 2 heterocycles. The number of rotatable bonds is 2. The third-order valence-electron chi connectivity index (χ3n) is 4.52.